The third kappa shape index (κ3) is 1.93. The quantitative estimate of drug-likeness (QED) is 0.757. The summed E-state index contributed by atoms with van der Waals surface area (Å²) in [4.78, 5) is 11.4. The van der Waals surface area contributed by atoms with Crippen molar-refractivity contribution in [2.24, 2.45) is 0 Å². The van der Waals surface area contributed by atoms with Crippen LogP contribution in [0.2, 0.25) is 0 Å². The molecule has 1 aromatic carbocycles. The van der Waals surface area contributed by atoms with Gasteiger partial charge in [0.25, 0.3) is 0 Å². The summed E-state index contributed by atoms with van der Waals surface area (Å²) in [5.74, 6) is 0.522. The minimum Gasteiger partial charge on any atom is -0.507 e. The van der Waals surface area contributed by atoms with E-state index in [0.29, 0.717) is 16.9 Å². The molecule has 0 radical (unpaired) electrons. The zero-order valence-electron chi connectivity index (χ0n) is 10.5. The van der Waals surface area contributed by atoms with Crippen LogP contribution in [0.25, 0.3) is 6.08 Å². The van der Waals surface area contributed by atoms with Crippen LogP contribution in [0.5, 0.6) is 11.5 Å². The van der Waals surface area contributed by atoms with Crippen molar-refractivity contribution in [2.45, 2.75) is 33.3 Å². The van der Waals surface area contributed by atoms with E-state index in [0.717, 1.165) is 5.56 Å². The van der Waals surface area contributed by atoms with Crippen molar-refractivity contribution in [3.63, 3.8) is 0 Å². The molecule has 0 bridgehead atoms. The number of aromatic hydroxyl groups is 1. The number of phenolic OH excluding ortho intramolecular Hbond substituents is 1. The van der Waals surface area contributed by atoms with E-state index >= 15 is 0 Å². The van der Waals surface area contributed by atoms with Gasteiger partial charge in [0.15, 0.2) is 5.78 Å². The van der Waals surface area contributed by atoms with Crippen molar-refractivity contribution < 1.29 is 14.6 Å². The standard InChI is InChI=1S/C14H16O3/c1-8-12(16)11(9(2)15)7-10-5-6-14(3,4)17-13(8)10/h5-7,16H,1-4H3. The molecule has 0 saturated carbocycles. The van der Waals surface area contributed by atoms with E-state index in [1.54, 1.807) is 13.0 Å². The van der Waals surface area contributed by atoms with Crippen LogP contribution in [0.1, 0.15) is 42.3 Å². The molecule has 0 saturated heterocycles. The minimum atomic E-state index is -0.387. The van der Waals surface area contributed by atoms with Gasteiger partial charge in [0.05, 0.1) is 5.56 Å². The maximum atomic E-state index is 11.4. The number of carbonyl (C=O) groups excluding carboxylic acids is 1. The SMILES string of the molecule is CC(=O)c1cc2c(c(C)c1O)OC(C)(C)C=C2. The van der Waals surface area contributed by atoms with Crippen LogP contribution in [-0.4, -0.2) is 16.5 Å². The minimum absolute atomic E-state index is 0.0161. The second kappa shape index (κ2) is 3.62. The van der Waals surface area contributed by atoms with Crippen LogP contribution in [0, 0.1) is 6.92 Å². The maximum Gasteiger partial charge on any atom is 0.163 e. The first-order valence-electron chi connectivity index (χ1n) is 5.57. The van der Waals surface area contributed by atoms with E-state index in [-0.39, 0.29) is 17.1 Å². The highest BCUT2D eigenvalue weighted by Crippen LogP contribution is 2.40. The molecule has 2 rings (SSSR count). The summed E-state index contributed by atoms with van der Waals surface area (Å²) >= 11 is 0. The molecule has 90 valence electrons. The van der Waals surface area contributed by atoms with Crippen LogP contribution in [0.3, 0.4) is 0 Å². The van der Waals surface area contributed by atoms with E-state index < -0.39 is 0 Å². The summed E-state index contributed by atoms with van der Waals surface area (Å²) in [6.07, 6.45) is 3.87. The molecule has 0 aliphatic carbocycles. The smallest absolute Gasteiger partial charge is 0.163 e. The Kier molecular flexibility index (Phi) is 2.49. The van der Waals surface area contributed by atoms with Crippen molar-refractivity contribution in [2.75, 3.05) is 0 Å². The number of Topliss-reactive ketones (excluding diaryl/α,β-unsaturated/α-hetero) is 1. The molecular formula is C14H16O3. The molecule has 0 unspecified atom stereocenters. The zero-order valence-corrected chi connectivity index (χ0v) is 10.5. The molecule has 1 aromatic rings. The highest BCUT2D eigenvalue weighted by molar-refractivity contribution is 5.98. The summed E-state index contributed by atoms with van der Waals surface area (Å²) < 4.78 is 5.81. The Morgan fingerprint density at radius 2 is 2.06 bits per heavy atom. The highest BCUT2D eigenvalue weighted by Gasteiger charge is 2.26. The maximum absolute atomic E-state index is 11.4. The summed E-state index contributed by atoms with van der Waals surface area (Å²) in [7, 11) is 0. The van der Waals surface area contributed by atoms with Crippen molar-refractivity contribution in [1.82, 2.24) is 0 Å². The Bertz CT molecular complexity index is 525. The number of carbonyl (C=O) groups is 1. The van der Waals surface area contributed by atoms with Gasteiger partial charge in [0, 0.05) is 11.1 Å². The van der Waals surface area contributed by atoms with E-state index in [9.17, 15) is 9.90 Å². The fourth-order valence-corrected chi connectivity index (χ4v) is 1.93. The van der Waals surface area contributed by atoms with Gasteiger partial charge in [0.1, 0.15) is 17.1 Å². The Labute approximate surface area is 101 Å². The summed E-state index contributed by atoms with van der Waals surface area (Å²) in [6.45, 7) is 7.09. The van der Waals surface area contributed by atoms with Crippen molar-refractivity contribution in [3.8, 4) is 11.5 Å². The molecule has 0 atom stereocenters. The number of ketones is 1. The largest absolute Gasteiger partial charge is 0.507 e. The number of rotatable bonds is 1. The van der Waals surface area contributed by atoms with Gasteiger partial charge >= 0.3 is 0 Å². The first-order chi connectivity index (χ1) is 7.82. The monoisotopic (exact) mass is 232 g/mol. The van der Waals surface area contributed by atoms with E-state index in [2.05, 4.69) is 0 Å². The lowest BCUT2D eigenvalue weighted by Gasteiger charge is -2.29. The van der Waals surface area contributed by atoms with Crippen LogP contribution in [-0.2, 0) is 0 Å². The van der Waals surface area contributed by atoms with Crippen LogP contribution >= 0.6 is 0 Å². The molecule has 17 heavy (non-hydrogen) atoms. The Morgan fingerprint density at radius 3 is 2.65 bits per heavy atom. The van der Waals surface area contributed by atoms with Gasteiger partial charge in [0.2, 0.25) is 0 Å². The van der Waals surface area contributed by atoms with Crippen molar-refractivity contribution in [3.05, 3.63) is 28.8 Å². The molecule has 1 aliphatic rings. The lowest BCUT2D eigenvalue weighted by Crippen LogP contribution is -2.28. The molecular weight excluding hydrogens is 216 g/mol. The molecule has 1 aliphatic heterocycles. The molecule has 3 nitrogen and oxygen atoms in total. The van der Waals surface area contributed by atoms with E-state index in [4.69, 9.17) is 4.74 Å². The number of benzene rings is 1. The molecule has 1 N–H and O–H groups in total. The van der Waals surface area contributed by atoms with Gasteiger partial charge < -0.3 is 9.84 Å². The Balaban J connectivity index is 2.66. The number of hydrogen-bond donors (Lipinski definition) is 1. The third-order valence-corrected chi connectivity index (χ3v) is 2.92. The third-order valence-electron chi connectivity index (χ3n) is 2.92. The molecule has 0 spiro atoms. The first kappa shape index (κ1) is 11.7. The van der Waals surface area contributed by atoms with Crippen LogP contribution in [0.15, 0.2) is 12.1 Å². The average Bonchev–Trinajstić information content (AvgIpc) is 2.23. The van der Waals surface area contributed by atoms with Gasteiger partial charge in [-0.3, -0.25) is 4.79 Å². The second-order valence-electron chi connectivity index (χ2n) is 4.91. The van der Waals surface area contributed by atoms with Gasteiger partial charge in [-0.05, 0) is 39.8 Å². The van der Waals surface area contributed by atoms with E-state index in [1.807, 2.05) is 26.0 Å². The highest BCUT2D eigenvalue weighted by atomic mass is 16.5. The fraction of sp³-hybridized carbons (Fsp3) is 0.357. The molecule has 0 amide bonds. The Morgan fingerprint density at radius 1 is 1.41 bits per heavy atom. The predicted molar refractivity (Wildman–Crippen MR) is 66.6 cm³/mol. The summed E-state index contributed by atoms with van der Waals surface area (Å²) in [5.41, 5.74) is 1.41. The van der Waals surface area contributed by atoms with Crippen molar-refractivity contribution in [1.29, 1.82) is 0 Å². The van der Waals surface area contributed by atoms with Crippen LogP contribution < -0.4 is 4.74 Å². The van der Waals surface area contributed by atoms with Gasteiger partial charge in [-0.2, -0.15) is 0 Å². The van der Waals surface area contributed by atoms with Crippen LogP contribution in [0.4, 0.5) is 0 Å². The first-order valence-corrected chi connectivity index (χ1v) is 5.57. The topological polar surface area (TPSA) is 46.5 Å². The Hall–Kier alpha value is -1.77. The van der Waals surface area contributed by atoms with Gasteiger partial charge in [-0.1, -0.05) is 6.08 Å². The fourth-order valence-electron chi connectivity index (χ4n) is 1.93. The summed E-state index contributed by atoms with van der Waals surface area (Å²) in [6, 6.07) is 1.67. The number of ether oxygens (including phenoxy) is 1. The molecule has 0 aromatic heterocycles. The van der Waals surface area contributed by atoms with Gasteiger partial charge in [-0.15, -0.1) is 0 Å². The molecule has 1 heterocycles. The number of fused-ring (bicyclic) bond motifs is 1. The average molecular weight is 232 g/mol. The van der Waals surface area contributed by atoms with Gasteiger partial charge in [-0.25, -0.2) is 0 Å². The normalized spacial score (nSPS) is 16.2. The summed E-state index contributed by atoms with van der Waals surface area (Å²) in [5, 5.41) is 9.97. The lowest BCUT2D eigenvalue weighted by molar-refractivity contribution is 0.101. The predicted octanol–water partition coefficient (Wildman–Crippen LogP) is 3.09. The molecule has 0 fully saturated rings. The van der Waals surface area contributed by atoms with Crippen molar-refractivity contribution >= 4 is 11.9 Å². The second-order valence-corrected chi connectivity index (χ2v) is 4.91. The molecule has 3 heteroatoms. The lowest BCUT2D eigenvalue weighted by atomic mass is 9.96. The number of hydrogen-bond acceptors (Lipinski definition) is 3. The number of phenols is 1. The zero-order chi connectivity index (χ0) is 12.8. The van der Waals surface area contributed by atoms with E-state index in [1.165, 1.54) is 6.92 Å².